The number of nitrogens with one attached hydrogen (secondary N) is 1. The van der Waals surface area contributed by atoms with Crippen LogP contribution in [-0.2, 0) is 15.9 Å². The molecule has 7 heteroatoms. The number of benzene rings is 1. The minimum absolute atomic E-state index is 0.142. The van der Waals surface area contributed by atoms with Crippen molar-refractivity contribution in [1.82, 2.24) is 9.78 Å². The second-order valence-electron chi connectivity index (χ2n) is 4.02. The van der Waals surface area contributed by atoms with Gasteiger partial charge in [0.2, 0.25) is 0 Å². The molecule has 0 aliphatic rings. The van der Waals surface area contributed by atoms with Gasteiger partial charge < -0.3 is 0 Å². The lowest BCUT2D eigenvalue weighted by atomic mass is 10.2. The van der Waals surface area contributed by atoms with Gasteiger partial charge >= 0.3 is 0 Å². The molecule has 0 spiro atoms. The summed E-state index contributed by atoms with van der Waals surface area (Å²) in [5.74, 6) is -0.610. The van der Waals surface area contributed by atoms with Crippen molar-refractivity contribution in [2.24, 2.45) is 0 Å². The van der Waals surface area contributed by atoms with E-state index in [1.807, 2.05) is 19.1 Å². The van der Waals surface area contributed by atoms with Gasteiger partial charge in [0.05, 0.1) is 11.4 Å². The fraction of sp³-hybridized carbons (Fsp3) is 0.182. The molecule has 0 aliphatic heterocycles. The molecule has 6 nitrogen and oxygen atoms in total. The molecule has 0 aliphatic carbocycles. The summed E-state index contributed by atoms with van der Waals surface area (Å²) in [5.41, 5.74) is 1.42. The Morgan fingerprint density at radius 2 is 1.89 bits per heavy atom. The van der Waals surface area contributed by atoms with Gasteiger partial charge in [0, 0.05) is 6.07 Å². The van der Waals surface area contributed by atoms with E-state index in [1.54, 1.807) is 12.1 Å². The van der Waals surface area contributed by atoms with Crippen molar-refractivity contribution in [3.8, 4) is 5.69 Å². The third-order valence-electron chi connectivity index (χ3n) is 2.40. The Balaban J connectivity index is 2.41. The number of aryl methyl sites for hydroxylation is 1. The quantitative estimate of drug-likeness (QED) is 0.808. The largest absolute Gasteiger partial charge is 0.294 e. The number of H-pyrrole nitrogens is 1. The second-order valence-corrected chi connectivity index (χ2v) is 5.47. The summed E-state index contributed by atoms with van der Waals surface area (Å²) < 4.78 is 31.4. The Morgan fingerprint density at radius 3 is 2.44 bits per heavy atom. The summed E-state index contributed by atoms with van der Waals surface area (Å²) in [6, 6.07) is 8.30. The standard InChI is InChI=1S/C11H12N2O4S/c1-8-2-4-10(5-3-8)13-11(14)6-9(12-13)7-18(15,16)17/h2-6,12H,7H2,1H3,(H,15,16,17). The van der Waals surface area contributed by atoms with Crippen molar-refractivity contribution in [1.29, 1.82) is 0 Å². The summed E-state index contributed by atoms with van der Waals surface area (Å²) in [5, 5.41) is 2.64. The molecule has 0 saturated heterocycles. The van der Waals surface area contributed by atoms with E-state index in [-0.39, 0.29) is 11.3 Å². The van der Waals surface area contributed by atoms with E-state index in [4.69, 9.17) is 4.55 Å². The van der Waals surface area contributed by atoms with Gasteiger partial charge in [0.1, 0.15) is 5.75 Å². The highest BCUT2D eigenvalue weighted by atomic mass is 32.2. The SMILES string of the molecule is Cc1ccc(-n2[nH]c(CS(=O)(=O)O)cc2=O)cc1. The molecule has 2 aromatic rings. The molecular weight excluding hydrogens is 256 g/mol. The van der Waals surface area contributed by atoms with Crippen LogP contribution in [0.3, 0.4) is 0 Å². The number of nitrogens with zero attached hydrogens (tertiary/aromatic N) is 1. The topological polar surface area (TPSA) is 92.2 Å². The summed E-state index contributed by atoms with van der Waals surface area (Å²) in [6.07, 6.45) is 0. The highest BCUT2D eigenvalue weighted by Gasteiger charge is 2.11. The Bertz CT molecular complexity index is 710. The zero-order valence-corrected chi connectivity index (χ0v) is 10.4. The van der Waals surface area contributed by atoms with Gasteiger partial charge in [-0.1, -0.05) is 17.7 Å². The molecule has 96 valence electrons. The maximum atomic E-state index is 11.7. The van der Waals surface area contributed by atoms with Gasteiger partial charge in [0.15, 0.2) is 0 Å². The first-order chi connectivity index (χ1) is 8.35. The van der Waals surface area contributed by atoms with Crippen LogP contribution in [0.2, 0.25) is 0 Å². The van der Waals surface area contributed by atoms with Crippen molar-refractivity contribution in [2.45, 2.75) is 12.7 Å². The monoisotopic (exact) mass is 268 g/mol. The molecule has 1 heterocycles. The molecule has 0 radical (unpaired) electrons. The van der Waals surface area contributed by atoms with Crippen molar-refractivity contribution >= 4 is 10.1 Å². The number of aromatic amines is 1. The van der Waals surface area contributed by atoms with Gasteiger partial charge in [-0.15, -0.1) is 0 Å². The normalized spacial score (nSPS) is 11.7. The zero-order valence-electron chi connectivity index (χ0n) is 9.62. The maximum Gasteiger partial charge on any atom is 0.271 e. The Hall–Kier alpha value is -1.86. The number of hydrogen-bond donors (Lipinski definition) is 2. The highest BCUT2D eigenvalue weighted by Crippen LogP contribution is 2.07. The van der Waals surface area contributed by atoms with Crippen LogP contribution in [0.25, 0.3) is 5.69 Å². The van der Waals surface area contributed by atoms with Gasteiger partial charge in [-0.25, -0.2) is 4.68 Å². The predicted octanol–water partition coefficient (Wildman–Crippen LogP) is 0.862. The lowest BCUT2D eigenvalue weighted by Crippen LogP contribution is -2.13. The van der Waals surface area contributed by atoms with E-state index < -0.39 is 15.9 Å². The number of aromatic nitrogens is 2. The molecule has 1 aromatic carbocycles. The smallest absolute Gasteiger partial charge is 0.271 e. The van der Waals surface area contributed by atoms with Gasteiger partial charge in [0.25, 0.3) is 15.7 Å². The summed E-state index contributed by atoms with van der Waals surface area (Å²) >= 11 is 0. The Kier molecular flexibility index (Phi) is 3.10. The van der Waals surface area contributed by atoms with E-state index in [0.29, 0.717) is 5.69 Å². The van der Waals surface area contributed by atoms with Crippen molar-refractivity contribution in [3.05, 3.63) is 51.9 Å². The lowest BCUT2D eigenvalue weighted by Gasteiger charge is -2.02. The van der Waals surface area contributed by atoms with Gasteiger partial charge in [-0.05, 0) is 19.1 Å². The lowest BCUT2D eigenvalue weighted by molar-refractivity contribution is 0.481. The van der Waals surface area contributed by atoms with E-state index in [2.05, 4.69) is 5.10 Å². The molecule has 2 N–H and O–H groups in total. The van der Waals surface area contributed by atoms with Crippen LogP contribution in [0.15, 0.2) is 35.1 Å². The minimum Gasteiger partial charge on any atom is -0.294 e. The summed E-state index contributed by atoms with van der Waals surface area (Å²) in [7, 11) is -4.15. The molecule has 1 aromatic heterocycles. The predicted molar refractivity (Wildman–Crippen MR) is 66.4 cm³/mol. The molecule has 0 amide bonds. The fourth-order valence-electron chi connectivity index (χ4n) is 1.60. The molecule has 2 rings (SSSR count). The van der Waals surface area contributed by atoms with E-state index in [1.165, 1.54) is 4.68 Å². The van der Waals surface area contributed by atoms with Crippen molar-refractivity contribution < 1.29 is 13.0 Å². The molecule has 18 heavy (non-hydrogen) atoms. The third-order valence-corrected chi connectivity index (χ3v) is 3.08. The highest BCUT2D eigenvalue weighted by molar-refractivity contribution is 7.84. The zero-order chi connectivity index (χ0) is 13.3. The van der Waals surface area contributed by atoms with Crippen LogP contribution in [-0.4, -0.2) is 22.8 Å². The molecule has 0 atom stereocenters. The first kappa shape index (κ1) is 12.6. The van der Waals surface area contributed by atoms with Crippen LogP contribution >= 0.6 is 0 Å². The van der Waals surface area contributed by atoms with E-state index in [0.717, 1.165) is 11.6 Å². The maximum absolute atomic E-state index is 11.7. The van der Waals surface area contributed by atoms with Crippen LogP contribution in [0.4, 0.5) is 0 Å². The molecular formula is C11H12N2O4S. The van der Waals surface area contributed by atoms with E-state index >= 15 is 0 Å². The van der Waals surface area contributed by atoms with Crippen LogP contribution in [0, 0.1) is 6.92 Å². The summed E-state index contributed by atoms with van der Waals surface area (Å²) in [6.45, 7) is 1.92. The van der Waals surface area contributed by atoms with Crippen molar-refractivity contribution in [3.63, 3.8) is 0 Å². The molecule has 0 bridgehead atoms. The Morgan fingerprint density at radius 1 is 1.28 bits per heavy atom. The first-order valence-electron chi connectivity index (χ1n) is 5.18. The number of hydrogen-bond acceptors (Lipinski definition) is 3. The summed E-state index contributed by atoms with van der Waals surface area (Å²) in [4.78, 5) is 11.7. The van der Waals surface area contributed by atoms with Gasteiger partial charge in [-0.3, -0.25) is 14.4 Å². The van der Waals surface area contributed by atoms with Crippen LogP contribution in [0.1, 0.15) is 11.3 Å². The average molecular weight is 268 g/mol. The fourth-order valence-corrected chi connectivity index (χ4v) is 2.14. The first-order valence-corrected chi connectivity index (χ1v) is 6.79. The molecule has 0 unspecified atom stereocenters. The third kappa shape index (κ3) is 2.88. The van der Waals surface area contributed by atoms with E-state index in [9.17, 15) is 13.2 Å². The van der Waals surface area contributed by atoms with Crippen molar-refractivity contribution in [2.75, 3.05) is 0 Å². The van der Waals surface area contributed by atoms with Crippen LogP contribution < -0.4 is 5.56 Å². The molecule has 0 saturated carbocycles. The number of rotatable bonds is 3. The Labute approximate surface area is 104 Å². The second kappa shape index (κ2) is 4.43. The van der Waals surface area contributed by atoms with Crippen LogP contribution in [0.5, 0.6) is 0 Å². The van der Waals surface area contributed by atoms with Gasteiger partial charge in [-0.2, -0.15) is 8.42 Å². The molecule has 0 fully saturated rings. The minimum atomic E-state index is -4.15. The average Bonchev–Trinajstić information content (AvgIpc) is 2.58.